The molecular weight excluding hydrogens is 606 g/mol. The van der Waals surface area contributed by atoms with Gasteiger partial charge in [0.15, 0.2) is 12.4 Å². The maximum absolute atomic E-state index is 13.8. The molecule has 0 saturated carbocycles. The highest BCUT2D eigenvalue weighted by Crippen LogP contribution is 2.65. The molecule has 12 heteroatoms. The van der Waals surface area contributed by atoms with Crippen molar-refractivity contribution in [1.29, 1.82) is 0 Å². The Labute approximate surface area is 264 Å². The second kappa shape index (κ2) is 11.4. The Morgan fingerprint density at radius 3 is 2.47 bits per heavy atom. The lowest BCUT2D eigenvalue weighted by Gasteiger charge is -2.53. The standard InChI is InChI=1S/C33H34ClNO10/c1-7-43-31(36)26-16(2)13-23-27-28(35-45-23)25-18(9-8-10-21(25)40-4)32(37,33(26,27)38)19-12-11-17-22(41-5)14-20(34)30(42-6)24(17)29(19)44-15-39-3/h8-12,14,16,26,37-38H,7,13,15H2,1-6H3/t16-,26-,32+,33+/m1/s1. The van der Waals surface area contributed by atoms with Crippen molar-refractivity contribution < 1.29 is 48.0 Å². The van der Waals surface area contributed by atoms with Crippen LogP contribution < -0.4 is 18.9 Å². The fraction of sp³-hybridized carbons (Fsp3) is 0.394. The Morgan fingerprint density at radius 1 is 1.04 bits per heavy atom. The van der Waals surface area contributed by atoms with Crippen molar-refractivity contribution in [1.82, 2.24) is 5.16 Å². The van der Waals surface area contributed by atoms with E-state index in [9.17, 15) is 15.0 Å². The van der Waals surface area contributed by atoms with Gasteiger partial charge in [0.1, 0.15) is 40.1 Å². The molecule has 1 heterocycles. The smallest absolute Gasteiger partial charge is 0.312 e. The van der Waals surface area contributed by atoms with Crippen LogP contribution >= 0.6 is 11.6 Å². The monoisotopic (exact) mass is 639 g/mol. The Morgan fingerprint density at radius 2 is 1.80 bits per heavy atom. The van der Waals surface area contributed by atoms with Crippen LogP contribution in [-0.4, -0.2) is 63.2 Å². The van der Waals surface area contributed by atoms with Gasteiger partial charge in [-0.1, -0.05) is 41.9 Å². The van der Waals surface area contributed by atoms with E-state index in [0.29, 0.717) is 33.6 Å². The summed E-state index contributed by atoms with van der Waals surface area (Å²) in [6, 6.07) is 9.98. The summed E-state index contributed by atoms with van der Waals surface area (Å²) in [7, 11) is 5.91. The third kappa shape index (κ3) is 4.14. The SMILES string of the molecule is CCOC(=O)[C@H]1[C@H](C)Cc2onc3c2[C@]1(O)[C@@](O)(c1ccc2c(OC)cc(Cl)c(OC)c2c1OCOC)c1cccc(OC)c1-3. The van der Waals surface area contributed by atoms with Crippen LogP contribution in [-0.2, 0) is 31.9 Å². The molecule has 0 bridgehead atoms. The van der Waals surface area contributed by atoms with Gasteiger partial charge in [0.2, 0.25) is 0 Å². The van der Waals surface area contributed by atoms with Crippen LogP contribution in [0.5, 0.6) is 23.0 Å². The molecule has 45 heavy (non-hydrogen) atoms. The van der Waals surface area contributed by atoms with Gasteiger partial charge in [-0.3, -0.25) is 4.79 Å². The fourth-order valence-electron chi connectivity index (χ4n) is 7.16. The molecule has 0 spiro atoms. The summed E-state index contributed by atoms with van der Waals surface area (Å²) < 4.78 is 40.0. The van der Waals surface area contributed by atoms with Crippen LogP contribution in [0.4, 0.5) is 0 Å². The van der Waals surface area contributed by atoms with Gasteiger partial charge >= 0.3 is 5.97 Å². The Bertz CT molecular complexity index is 1800. The minimum absolute atomic E-state index is 0.0675. The molecular formula is C33H34ClNO10. The highest BCUT2D eigenvalue weighted by molar-refractivity contribution is 6.34. The second-order valence-corrected chi connectivity index (χ2v) is 11.5. The van der Waals surface area contributed by atoms with Gasteiger partial charge in [0, 0.05) is 36.1 Å². The summed E-state index contributed by atoms with van der Waals surface area (Å²) >= 11 is 6.67. The highest BCUT2D eigenvalue weighted by Gasteiger charge is 2.69. The molecule has 0 unspecified atom stereocenters. The summed E-state index contributed by atoms with van der Waals surface area (Å²) in [5, 5.41) is 32.3. The van der Waals surface area contributed by atoms with Crippen LogP contribution in [0.2, 0.25) is 5.02 Å². The van der Waals surface area contributed by atoms with Crippen molar-refractivity contribution >= 4 is 28.3 Å². The largest absolute Gasteiger partial charge is 0.496 e. The van der Waals surface area contributed by atoms with Crippen molar-refractivity contribution in [2.75, 3.05) is 41.8 Å². The van der Waals surface area contributed by atoms with E-state index in [-0.39, 0.29) is 58.7 Å². The number of benzene rings is 3. The van der Waals surface area contributed by atoms with Crippen LogP contribution in [0.15, 0.2) is 40.9 Å². The fourth-order valence-corrected chi connectivity index (χ4v) is 7.43. The van der Waals surface area contributed by atoms with Crippen LogP contribution in [0.3, 0.4) is 0 Å². The number of methoxy groups -OCH3 is 4. The molecule has 4 atom stereocenters. The highest BCUT2D eigenvalue weighted by atomic mass is 35.5. The zero-order valence-electron chi connectivity index (χ0n) is 25.7. The number of fused-ring (bicyclic) bond motifs is 3. The molecule has 0 radical (unpaired) electrons. The molecule has 0 amide bonds. The summed E-state index contributed by atoms with van der Waals surface area (Å²) in [5.41, 5.74) is -3.64. The zero-order valence-corrected chi connectivity index (χ0v) is 26.5. The number of rotatable bonds is 9. The first-order valence-electron chi connectivity index (χ1n) is 14.4. The molecule has 0 fully saturated rings. The number of ether oxygens (including phenoxy) is 6. The number of aliphatic hydroxyl groups is 2. The van der Waals surface area contributed by atoms with Gasteiger partial charge < -0.3 is 43.2 Å². The number of hydrogen-bond donors (Lipinski definition) is 2. The lowest BCUT2D eigenvalue weighted by molar-refractivity contribution is -0.208. The first kappa shape index (κ1) is 31.0. The predicted octanol–water partition coefficient (Wildman–Crippen LogP) is 4.97. The molecule has 4 aromatic rings. The third-order valence-electron chi connectivity index (χ3n) is 8.90. The number of hydrogen-bond acceptors (Lipinski definition) is 11. The lowest BCUT2D eigenvalue weighted by Crippen LogP contribution is -2.62. The molecule has 6 rings (SSSR count). The van der Waals surface area contributed by atoms with E-state index in [4.69, 9.17) is 44.5 Å². The van der Waals surface area contributed by atoms with E-state index in [1.54, 1.807) is 50.2 Å². The molecule has 0 saturated heterocycles. The molecule has 238 valence electrons. The van der Waals surface area contributed by atoms with E-state index in [1.165, 1.54) is 28.4 Å². The summed E-state index contributed by atoms with van der Waals surface area (Å²) in [6.45, 7) is 3.30. The molecule has 2 aliphatic carbocycles. The van der Waals surface area contributed by atoms with Gasteiger partial charge in [0.05, 0.1) is 55.4 Å². The first-order chi connectivity index (χ1) is 21.6. The van der Waals surface area contributed by atoms with Crippen molar-refractivity contribution in [2.45, 2.75) is 31.5 Å². The molecule has 3 aromatic carbocycles. The Kier molecular flexibility index (Phi) is 7.85. The quantitative estimate of drug-likeness (QED) is 0.190. The first-order valence-corrected chi connectivity index (χ1v) is 14.8. The minimum atomic E-state index is -2.39. The number of aromatic nitrogens is 1. The van der Waals surface area contributed by atoms with Gasteiger partial charge in [0.25, 0.3) is 0 Å². The van der Waals surface area contributed by atoms with Crippen molar-refractivity contribution in [3.63, 3.8) is 0 Å². The van der Waals surface area contributed by atoms with Gasteiger partial charge in [-0.25, -0.2) is 0 Å². The molecule has 2 N–H and O–H groups in total. The third-order valence-corrected chi connectivity index (χ3v) is 9.18. The van der Waals surface area contributed by atoms with Crippen LogP contribution in [0, 0.1) is 11.8 Å². The van der Waals surface area contributed by atoms with Crippen molar-refractivity contribution in [2.24, 2.45) is 11.8 Å². The van der Waals surface area contributed by atoms with E-state index in [1.807, 2.05) is 0 Å². The summed E-state index contributed by atoms with van der Waals surface area (Å²) in [6.07, 6.45) is 0.264. The number of carbonyl (C=O) groups excluding carboxylic acids is 1. The van der Waals surface area contributed by atoms with Gasteiger partial charge in [-0.15, -0.1) is 0 Å². The van der Waals surface area contributed by atoms with Gasteiger partial charge in [-0.05, 0) is 25.0 Å². The number of esters is 1. The Hall–Kier alpha value is -4.03. The van der Waals surface area contributed by atoms with E-state index in [2.05, 4.69) is 5.16 Å². The lowest BCUT2D eigenvalue weighted by atomic mass is 9.54. The van der Waals surface area contributed by atoms with E-state index < -0.39 is 29.0 Å². The average molecular weight is 640 g/mol. The number of halogens is 1. The number of nitrogens with zero attached hydrogens (tertiary/aromatic N) is 1. The normalized spacial score (nSPS) is 23.2. The Balaban J connectivity index is 1.82. The molecule has 11 nitrogen and oxygen atoms in total. The molecule has 2 aliphatic rings. The maximum atomic E-state index is 13.8. The van der Waals surface area contributed by atoms with Crippen LogP contribution in [0.1, 0.15) is 36.3 Å². The molecule has 1 aromatic heterocycles. The number of carbonyl (C=O) groups is 1. The van der Waals surface area contributed by atoms with E-state index in [0.717, 1.165) is 0 Å². The minimum Gasteiger partial charge on any atom is -0.496 e. The van der Waals surface area contributed by atoms with Crippen molar-refractivity contribution in [3.8, 4) is 34.3 Å². The van der Waals surface area contributed by atoms with E-state index >= 15 is 0 Å². The topological polar surface area (TPSA) is 139 Å². The molecule has 0 aliphatic heterocycles. The van der Waals surface area contributed by atoms with Crippen LogP contribution in [0.25, 0.3) is 22.0 Å². The predicted molar refractivity (Wildman–Crippen MR) is 163 cm³/mol. The average Bonchev–Trinajstić information content (AvgIpc) is 3.46. The summed E-state index contributed by atoms with van der Waals surface area (Å²) in [4.78, 5) is 13.8. The van der Waals surface area contributed by atoms with Crippen molar-refractivity contribution in [3.05, 3.63) is 63.9 Å². The second-order valence-electron chi connectivity index (χ2n) is 11.1. The zero-order chi connectivity index (χ0) is 32.3. The van der Waals surface area contributed by atoms with Gasteiger partial charge in [-0.2, -0.15) is 0 Å². The maximum Gasteiger partial charge on any atom is 0.312 e. The summed E-state index contributed by atoms with van der Waals surface area (Å²) in [5.74, 6) is -1.03.